The molecule has 2 aromatic heterocycles. The van der Waals surface area contributed by atoms with Crippen molar-refractivity contribution < 1.29 is 14.8 Å². The summed E-state index contributed by atoms with van der Waals surface area (Å²) in [5.41, 5.74) is 6.59. The van der Waals surface area contributed by atoms with Crippen molar-refractivity contribution in [3.05, 3.63) is 107 Å². The summed E-state index contributed by atoms with van der Waals surface area (Å²) in [7, 11) is 0. The highest BCUT2D eigenvalue weighted by molar-refractivity contribution is 6.32. The van der Waals surface area contributed by atoms with E-state index in [4.69, 9.17) is 16.8 Å². The number of halogens is 1. The standard InChI is InChI=1S/C32H33ClN8O3/c1-2-3-13-27-35-30(33)29(32(43)34-19-24(18-28(42)38-44)22-9-5-4-6-10-22)41(27)20-21-14-16-23(17-15-21)25-11-7-8-12-26(25)31-36-39-40-37-31/h4-12,14-17,24,44H,2-3,13,18-20H2,1H3,(H,34,43)(H,38,42)(H,36,37,39,40). The number of carbonyl (C=O) groups excluding carboxylic acids is 2. The van der Waals surface area contributed by atoms with Gasteiger partial charge in [-0.3, -0.25) is 14.8 Å². The minimum Gasteiger partial charge on any atom is -0.350 e. The molecule has 0 fully saturated rings. The first-order valence-corrected chi connectivity index (χ1v) is 14.8. The Morgan fingerprint density at radius 2 is 1.73 bits per heavy atom. The van der Waals surface area contributed by atoms with Crippen molar-refractivity contribution in [2.24, 2.45) is 0 Å². The molecule has 0 radical (unpaired) electrons. The van der Waals surface area contributed by atoms with E-state index in [1.54, 1.807) is 5.48 Å². The van der Waals surface area contributed by atoms with Gasteiger partial charge in [-0.15, -0.1) is 10.2 Å². The number of aryl methyl sites for hydroxylation is 1. The van der Waals surface area contributed by atoms with Crippen molar-refractivity contribution in [2.45, 2.75) is 45.1 Å². The predicted octanol–water partition coefficient (Wildman–Crippen LogP) is 5.18. The number of H-pyrrole nitrogens is 1. The van der Waals surface area contributed by atoms with Gasteiger partial charge in [0, 0.05) is 37.4 Å². The molecule has 0 spiro atoms. The molecule has 5 rings (SSSR count). The van der Waals surface area contributed by atoms with Crippen molar-refractivity contribution in [2.75, 3.05) is 6.54 Å². The number of rotatable bonds is 13. The van der Waals surface area contributed by atoms with Crippen LogP contribution in [-0.2, 0) is 17.8 Å². The van der Waals surface area contributed by atoms with E-state index in [0.717, 1.165) is 46.5 Å². The third-order valence-corrected chi connectivity index (χ3v) is 7.69. The molecule has 44 heavy (non-hydrogen) atoms. The van der Waals surface area contributed by atoms with E-state index < -0.39 is 5.91 Å². The molecule has 2 amide bonds. The number of unbranched alkanes of at least 4 members (excludes halogenated alkanes) is 1. The first kappa shape index (κ1) is 30.6. The van der Waals surface area contributed by atoms with Crippen molar-refractivity contribution in [3.63, 3.8) is 0 Å². The second-order valence-corrected chi connectivity index (χ2v) is 10.7. The third kappa shape index (κ3) is 7.19. The fourth-order valence-corrected chi connectivity index (χ4v) is 5.44. The molecule has 0 aliphatic carbocycles. The van der Waals surface area contributed by atoms with Gasteiger partial charge in [-0.2, -0.15) is 5.21 Å². The van der Waals surface area contributed by atoms with Crippen LogP contribution in [0.15, 0.2) is 78.9 Å². The highest BCUT2D eigenvalue weighted by Crippen LogP contribution is 2.30. The number of aromatic amines is 1. The molecule has 3 aromatic carbocycles. The number of aromatic nitrogens is 6. The number of imidazole rings is 1. The molecule has 1 unspecified atom stereocenters. The van der Waals surface area contributed by atoms with Crippen LogP contribution in [0.5, 0.6) is 0 Å². The summed E-state index contributed by atoms with van der Waals surface area (Å²) < 4.78 is 1.87. The monoisotopic (exact) mass is 612 g/mol. The quantitative estimate of drug-likeness (QED) is 0.106. The first-order chi connectivity index (χ1) is 21.5. The van der Waals surface area contributed by atoms with E-state index in [0.29, 0.717) is 18.8 Å². The number of nitrogens with zero attached hydrogens (tertiary/aromatic N) is 5. The van der Waals surface area contributed by atoms with Crippen LogP contribution in [0.2, 0.25) is 5.15 Å². The number of amides is 2. The van der Waals surface area contributed by atoms with Crippen LogP contribution in [0, 0.1) is 0 Å². The summed E-state index contributed by atoms with van der Waals surface area (Å²) in [6, 6.07) is 25.3. The maximum Gasteiger partial charge on any atom is 0.271 e. The minimum atomic E-state index is -0.540. The number of hydroxylamine groups is 1. The molecule has 1 atom stereocenters. The lowest BCUT2D eigenvalue weighted by Gasteiger charge is -2.18. The molecule has 4 N–H and O–H groups in total. The SMILES string of the molecule is CCCCc1nc(Cl)c(C(=O)NCC(CC(=O)NO)c2ccccc2)n1Cc1ccc(-c2ccccc2-c2nn[nH]n2)cc1. The Morgan fingerprint density at radius 1 is 1.00 bits per heavy atom. The fraction of sp³-hybridized carbons (Fsp3) is 0.250. The van der Waals surface area contributed by atoms with Crippen molar-refractivity contribution in [1.82, 2.24) is 41.0 Å². The van der Waals surface area contributed by atoms with Gasteiger partial charge in [0.15, 0.2) is 5.15 Å². The van der Waals surface area contributed by atoms with Crippen molar-refractivity contribution in [3.8, 4) is 22.5 Å². The van der Waals surface area contributed by atoms with Crippen LogP contribution in [0.3, 0.4) is 0 Å². The second kappa shape index (κ2) is 14.5. The van der Waals surface area contributed by atoms with Gasteiger partial charge in [0.05, 0.1) is 0 Å². The van der Waals surface area contributed by atoms with Crippen LogP contribution < -0.4 is 10.8 Å². The molecule has 226 valence electrons. The third-order valence-electron chi connectivity index (χ3n) is 7.43. The van der Waals surface area contributed by atoms with E-state index in [1.807, 2.05) is 83.4 Å². The summed E-state index contributed by atoms with van der Waals surface area (Å²) >= 11 is 6.59. The van der Waals surface area contributed by atoms with E-state index in [-0.39, 0.29) is 35.6 Å². The Kier molecular flexibility index (Phi) is 10.1. The zero-order valence-corrected chi connectivity index (χ0v) is 25.0. The van der Waals surface area contributed by atoms with Crippen LogP contribution in [0.1, 0.15) is 59.5 Å². The molecular weight excluding hydrogens is 580 g/mol. The number of hydrogen-bond acceptors (Lipinski definition) is 7. The van der Waals surface area contributed by atoms with Gasteiger partial charge < -0.3 is 9.88 Å². The molecule has 0 bridgehead atoms. The molecule has 0 aliphatic heterocycles. The highest BCUT2D eigenvalue weighted by Gasteiger charge is 2.24. The largest absolute Gasteiger partial charge is 0.350 e. The molecule has 11 nitrogen and oxygen atoms in total. The van der Waals surface area contributed by atoms with Gasteiger partial charge in [0.2, 0.25) is 11.7 Å². The molecule has 0 aliphatic rings. The lowest BCUT2D eigenvalue weighted by Crippen LogP contribution is -2.33. The maximum absolute atomic E-state index is 13.6. The van der Waals surface area contributed by atoms with Gasteiger partial charge >= 0.3 is 0 Å². The number of carbonyl (C=O) groups is 2. The van der Waals surface area contributed by atoms with E-state index in [1.165, 1.54) is 0 Å². The van der Waals surface area contributed by atoms with Gasteiger partial charge in [-0.1, -0.05) is 104 Å². The van der Waals surface area contributed by atoms with Gasteiger partial charge in [-0.25, -0.2) is 10.5 Å². The van der Waals surface area contributed by atoms with Crippen LogP contribution >= 0.6 is 11.6 Å². The Morgan fingerprint density at radius 3 is 2.41 bits per heavy atom. The number of benzene rings is 3. The summed E-state index contributed by atoms with van der Waals surface area (Å²) in [5, 5.41) is 26.6. The molecule has 0 saturated heterocycles. The summed E-state index contributed by atoms with van der Waals surface area (Å²) in [4.78, 5) is 30.2. The summed E-state index contributed by atoms with van der Waals surface area (Å²) in [6.45, 7) is 2.65. The van der Waals surface area contributed by atoms with E-state index >= 15 is 0 Å². The van der Waals surface area contributed by atoms with Crippen LogP contribution in [-0.4, -0.2) is 53.7 Å². The Hall–Kier alpha value is -4.87. The van der Waals surface area contributed by atoms with Crippen molar-refractivity contribution >= 4 is 23.4 Å². The van der Waals surface area contributed by atoms with Gasteiger partial charge in [-0.05, 0) is 33.9 Å². The van der Waals surface area contributed by atoms with Gasteiger partial charge in [0.25, 0.3) is 5.91 Å². The lowest BCUT2D eigenvalue weighted by molar-refractivity contribution is -0.129. The Bertz CT molecular complexity index is 1690. The van der Waals surface area contributed by atoms with Crippen molar-refractivity contribution in [1.29, 1.82) is 0 Å². The normalized spacial score (nSPS) is 11.7. The topological polar surface area (TPSA) is 151 Å². The molecule has 12 heteroatoms. The summed E-state index contributed by atoms with van der Waals surface area (Å²) in [5.74, 6) is -0.0410. The Labute approximate surface area is 259 Å². The highest BCUT2D eigenvalue weighted by atomic mass is 35.5. The molecule has 0 saturated carbocycles. The second-order valence-electron chi connectivity index (χ2n) is 10.4. The Balaban J connectivity index is 1.39. The van der Waals surface area contributed by atoms with Crippen LogP contribution in [0.25, 0.3) is 22.5 Å². The van der Waals surface area contributed by atoms with Gasteiger partial charge in [0.1, 0.15) is 11.5 Å². The zero-order valence-electron chi connectivity index (χ0n) is 24.2. The molecule has 2 heterocycles. The zero-order chi connectivity index (χ0) is 30.9. The number of hydrogen-bond donors (Lipinski definition) is 4. The first-order valence-electron chi connectivity index (χ1n) is 14.4. The molecular formula is C32H33ClN8O3. The lowest BCUT2D eigenvalue weighted by atomic mass is 9.95. The van der Waals surface area contributed by atoms with E-state index in [9.17, 15) is 9.59 Å². The minimum absolute atomic E-state index is 0.00225. The fourth-order valence-electron chi connectivity index (χ4n) is 5.16. The average Bonchev–Trinajstić information content (AvgIpc) is 3.70. The molecule has 5 aromatic rings. The van der Waals surface area contributed by atoms with Crippen LogP contribution in [0.4, 0.5) is 0 Å². The van der Waals surface area contributed by atoms with E-state index in [2.05, 4.69) is 37.8 Å². The maximum atomic E-state index is 13.6. The number of tetrazole rings is 1. The predicted molar refractivity (Wildman–Crippen MR) is 166 cm³/mol. The average molecular weight is 613 g/mol. The smallest absolute Gasteiger partial charge is 0.271 e. The summed E-state index contributed by atoms with van der Waals surface area (Å²) in [6.07, 6.45) is 2.53. The number of nitrogens with one attached hydrogen (secondary N) is 3.